The van der Waals surface area contributed by atoms with Crippen molar-refractivity contribution in [3.63, 3.8) is 0 Å². The molecule has 0 aliphatic carbocycles. The predicted molar refractivity (Wildman–Crippen MR) is 103 cm³/mol. The number of thioether (sulfide) groups is 1. The number of methoxy groups -OCH3 is 1. The maximum absolute atomic E-state index is 12.2. The molecule has 7 heteroatoms. The Morgan fingerprint density at radius 3 is 2.92 bits per heavy atom. The van der Waals surface area contributed by atoms with Gasteiger partial charge in [-0.15, -0.1) is 11.8 Å². The number of nitrogens with one attached hydrogen (secondary N) is 1. The molecule has 0 atom stereocenters. The van der Waals surface area contributed by atoms with Crippen LogP contribution in [0.25, 0.3) is 10.2 Å². The van der Waals surface area contributed by atoms with E-state index in [1.807, 2.05) is 49.4 Å². The first-order valence-corrected chi connectivity index (χ1v) is 9.58. The topological polar surface area (TPSA) is 60.5 Å². The average molecular weight is 374 g/mol. The lowest BCUT2D eigenvalue weighted by molar-refractivity contribution is -0.113. The predicted octanol–water partition coefficient (Wildman–Crippen LogP) is 4.43. The van der Waals surface area contributed by atoms with E-state index in [4.69, 9.17) is 9.47 Å². The maximum atomic E-state index is 12.2. The highest BCUT2D eigenvalue weighted by Crippen LogP contribution is 2.29. The highest BCUT2D eigenvalue weighted by Gasteiger charge is 2.09. The summed E-state index contributed by atoms with van der Waals surface area (Å²) in [6, 6.07) is 13.4. The Morgan fingerprint density at radius 1 is 1.24 bits per heavy atom. The van der Waals surface area contributed by atoms with Crippen LogP contribution in [0.2, 0.25) is 0 Å². The molecule has 1 N–H and O–H groups in total. The largest absolute Gasteiger partial charge is 0.497 e. The molecule has 1 heterocycles. The van der Waals surface area contributed by atoms with Gasteiger partial charge in [0.2, 0.25) is 5.91 Å². The lowest BCUT2D eigenvalue weighted by atomic mass is 10.3. The molecule has 0 aliphatic heterocycles. The minimum Gasteiger partial charge on any atom is -0.497 e. The quantitative estimate of drug-likeness (QED) is 0.620. The zero-order valence-corrected chi connectivity index (χ0v) is 15.6. The molecule has 0 saturated carbocycles. The molecule has 1 amide bonds. The molecule has 0 saturated heterocycles. The molecule has 130 valence electrons. The van der Waals surface area contributed by atoms with Crippen LogP contribution in [-0.2, 0) is 4.79 Å². The van der Waals surface area contributed by atoms with Gasteiger partial charge < -0.3 is 14.8 Å². The van der Waals surface area contributed by atoms with Crippen molar-refractivity contribution >= 4 is 44.4 Å². The summed E-state index contributed by atoms with van der Waals surface area (Å²) < 4.78 is 11.7. The number of nitrogens with zero attached hydrogens (tertiary/aromatic N) is 1. The zero-order chi connectivity index (χ0) is 17.6. The van der Waals surface area contributed by atoms with Gasteiger partial charge in [0, 0.05) is 4.90 Å². The van der Waals surface area contributed by atoms with Gasteiger partial charge in [0.15, 0.2) is 5.13 Å². The summed E-state index contributed by atoms with van der Waals surface area (Å²) in [7, 11) is 1.63. The van der Waals surface area contributed by atoms with Gasteiger partial charge in [0.25, 0.3) is 0 Å². The van der Waals surface area contributed by atoms with Crippen LogP contribution in [0.4, 0.5) is 5.13 Å². The lowest BCUT2D eigenvalue weighted by Gasteiger charge is -2.04. The lowest BCUT2D eigenvalue weighted by Crippen LogP contribution is -2.13. The van der Waals surface area contributed by atoms with E-state index >= 15 is 0 Å². The van der Waals surface area contributed by atoms with Crippen molar-refractivity contribution in [1.29, 1.82) is 0 Å². The number of hydrogen-bond donors (Lipinski definition) is 1. The molecule has 0 bridgehead atoms. The molecule has 2 aromatic carbocycles. The van der Waals surface area contributed by atoms with Crippen LogP contribution in [0, 0.1) is 0 Å². The molecule has 3 aromatic rings. The first-order chi connectivity index (χ1) is 12.2. The molecule has 0 fully saturated rings. The monoisotopic (exact) mass is 374 g/mol. The number of carbonyl (C=O) groups is 1. The van der Waals surface area contributed by atoms with Crippen molar-refractivity contribution in [3.8, 4) is 11.5 Å². The Bertz CT molecular complexity index is 880. The number of anilines is 1. The Labute approximate surface area is 154 Å². The molecule has 1 aromatic heterocycles. The molecule has 0 unspecified atom stereocenters. The second-order valence-corrected chi connectivity index (χ2v) is 7.18. The summed E-state index contributed by atoms with van der Waals surface area (Å²) in [6.07, 6.45) is 0. The second kappa shape index (κ2) is 8.22. The smallest absolute Gasteiger partial charge is 0.236 e. The Balaban J connectivity index is 1.61. The minimum atomic E-state index is -0.0862. The van der Waals surface area contributed by atoms with Gasteiger partial charge >= 0.3 is 0 Å². The van der Waals surface area contributed by atoms with Gasteiger partial charge in [-0.25, -0.2) is 4.98 Å². The van der Waals surface area contributed by atoms with Crippen LogP contribution < -0.4 is 14.8 Å². The molecular formula is C18H18N2O3S2. The van der Waals surface area contributed by atoms with Gasteiger partial charge in [0.1, 0.15) is 11.5 Å². The molecule has 0 radical (unpaired) electrons. The zero-order valence-electron chi connectivity index (χ0n) is 13.9. The third kappa shape index (κ3) is 4.64. The van der Waals surface area contributed by atoms with E-state index in [0.29, 0.717) is 17.5 Å². The van der Waals surface area contributed by atoms with E-state index in [1.54, 1.807) is 7.11 Å². The first-order valence-electron chi connectivity index (χ1n) is 7.78. The van der Waals surface area contributed by atoms with E-state index in [1.165, 1.54) is 23.1 Å². The number of carbonyl (C=O) groups excluding carboxylic acids is 1. The molecule has 0 spiro atoms. The molecule has 5 nitrogen and oxygen atoms in total. The summed E-state index contributed by atoms with van der Waals surface area (Å²) in [5.74, 6) is 1.82. The maximum Gasteiger partial charge on any atom is 0.236 e. The number of amides is 1. The minimum absolute atomic E-state index is 0.0862. The Morgan fingerprint density at radius 2 is 2.12 bits per heavy atom. The Hall–Kier alpha value is -2.25. The van der Waals surface area contributed by atoms with Crippen molar-refractivity contribution < 1.29 is 14.3 Å². The van der Waals surface area contributed by atoms with E-state index < -0.39 is 0 Å². The van der Waals surface area contributed by atoms with E-state index in [-0.39, 0.29) is 5.91 Å². The molecular weight excluding hydrogens is 356 g/mol. The van der Waals surface area contributed by atoms with Crippen LogP contribution >= 0.6 is 23.1 Å². The van der Waals surface area contributed by atoms with Crippen molar-refractivity contribution in [2.24, 2.45) is 0 Å². The SMILES string of the molecule is CCOc1ccc2nc(NC(=O)CSc3cccc(OC)c3)sc2c1. The van der Waals surface area contributed by atoms with Gasteiger partial charge in [-0.3, -0.25) is 4.79 Å². The van der Waals surface area contributed by atoms with Gasteiger partial charge in [-0.2, -0.15) is 0 Å². The average Bonchev–Trinajstić information content (AvgIpc) is 3.02. The third-order valence-electron chi connectivity index (χ3n) is 3.33. The van der Waals surface area contributed by atoms with Crippen LogP contribution in [0.1, 0.15) is 6.92 Å². The van der Waals surface area contributed by atoms with E-state index in [0.717, 1.165) is 26.6 Å². The summed E-state index contributed by atoms with van der Waals surface area (Å²) in [5.41, 5.74) is 0.851. The van der Waals surface area contributed by atoms with Crippen LogP contribution in [0.5, 0.6) is 11.5 Å². The molecule has 0 aliphatic rings. The van der Waals surface area contributed by atoms with Crippen molar-refractivity contribution in [2.45, 2.75) is 11.8 Å². The number of hydrogen-bond acceptors (Lipinski definition) is 6. The highest BCUT2D eigenvalue weighted by atomic mass is 32.2. The highest BCUT2D eigenvalue weighted by molar-refractivity contribution is 8.00. The number of fused-ring (bicyclic) bond motifs is 1. The Kier molecular flexibility index (Phi) is 5.78. The van der Waals surface area contributed by atoms with Crippen LogP contribution in [0.15, 0.2) is 47.4 Å². The van der Waals surface area contributed by atoms with Crippen molar-refractivity contribution in [3.05, 3.63) is 42.5 Å². The number of benzene rings is 2. The fraction of sp³-hybridized carbons (Fsp3) is 0.222. The summed E-state index contributed by atoms with van der Waals surface area (Å²) >= 11 is 2.90. The number of thiazole rings is 1. The fourth-order valence-electron chi connectivity index (χ4n) is 2.21. The second-order valence-electron chi connectivity index (χ2n) is 5.10. The van der Waals surface area contributed by atoms with Crippen LogP contribution in [-0.4, -0.2) is 30.4 Å². The number of aromatic nitrogens is 1. The van der Waals surface area contributed by atoms with Crippen molar-refractivity contribution in [1.82, 2.24) is 4.98 Å². The van der Waals surface area contributed by atoms with E-state index in [2.05, 4.69) is 10.3 Å². The summed E-state index contributed by atoms with van der Waals surface area (Å²) in [4.78, 5) is 17.6. The fourth-order valence-corrected chi connectivity index (χ4v) is 3.86. The van der Waals surface area contributed by atoms with Crippen LogP contribution in [0.3, 0.4) is 0 Å². The first kappa shape index (κ1) is 17.6. The summed E-state index contributed by atoms with van der Waals surface area (Å²) in [5, 5.41) is 3.45. The van der Waals surface area contributed by atoms with Gasteiger partial charge in [-0.1, -0.05) is 17.4 Å². The van der Waals surface area contributed by atoms with E-state index in [9.17, 15) is 4.79 Å². The number of ether oxygens (including phenoxy) is 2. The van der Waals surface area contributed by atoms with Crippen molar-refractivity contribution in [2.75, 3.05) is 24.8 Å². The third-order valence-corrected chi connectivity index (χ3v) is 5.26. The van der Waals surface area contributed by atoms with Gasteiger partial charge in [0.05, 0.1) is 29.7 Å². The molecule has 3 rings (SSSR count). The summed E-state index contributed by atoms with van der Waals surface area (Å²) in [6.45, 7) is 2.57. The van der Waals surface area contributed by atoms with Gasteiger partial charge in [-0.05, 0) is 43.3 Å². The number of rotatable bonds is 7. The standard InChI is InChI=1S/C18H18N2O3S2/c1-3-23-13-7-8-15-16(10-13)25-18(19-15)20-17(21)11-24-14-6-4-5-12(9-14)22-2/h4-10H,3,11H2,1-2H3,(H,19,20,21). The normalized spacial score (nSPS) is 10.6. The molecule has 25 heavy (non-hydrogen) atoms.